The molecule has 0 aliphatic heterocycles. The van der Waals surface area contributed by atoms with Crippen molar-refractivity contribution in [2.45, 2.75) is 39.7 Å². The molecule has 120 valence electrons. The summed E-state index contributed by atoms with van der Waals surface area (Å²) in [6.45, 7) is 5.76. The van der Waals surface area contributed by atoms with Gasteiger partial charge in [0.1, 0.15) is 6.04 Å². The van der Waals surface area contributed by atoms with Crippen molar-refractivity contribution in [1.82, 2.24) is 5.32 Å². The Morgan fingerprint density at radius 3 is 2.23 bits per heavy atom. The van der Waals surface area contributed by atoms with Gasteiger partial charge < -0.3 is 11.1 Å². The predicted octanol–water partition coefficient (Wildman–Crippen LogP) is 1.54. The number of nitrogens with zero attached hydrogens (tertiary/aromatic N) is 1. The Bertz CT molecular complexity index is 561. The lowest BCUT2D eigenvalue weighted by Gasteiger charge is -2.20. The zero-order valence-corrected chi connectivity index (χ0v) is 13.0. The molecule has 0 spiro atoms. The van der Waals surface area contributed by atoms with Crippen LogP contribution in [0, 0.1) is 15.5 Å². The fraction of sp³-hybridized carbons (Fsp3) is 0.467. The summed E-state index contributed by atoms with van der Waals surface area (Å²) in [6, 6.07) is 4.96. The first kappa shape index (κ1) is 17.6. The molecule has 0 fully saturated rings. The van der Waals surface area contributed by atoms with E-state index in [0.29, 0.717) is 5.56 Å². The molecule has 1 aromatic rings. The first-order chi connectivity index (χ1) is 10.1. The highest BCUT2D eigenvalue weighted by molar-refractivity contribution is 5.87. The van der Waals surface area contributed by atoms with Crippen molar-refractivity contribution in [1.29, 1.82) is 0 Å². The van der Waals surface area contributed by atoms with Crippen LogP contribution >= 0.6 is 0 Å². The summed E-state index contributed by atoms with van der Waals surface area (Å²) < 4.78 is 0. The number of hydrogen-bond donors (Lipinski definition) is 2. The van der Waals surface area contributed by atoms with Gasteiger partial charge in [-0.05, 0) is 11.0 Å². The highest BCUT2D eigenvalue weighted by atomic mass is 16.6. The molecule has 0 saturated carbocycles. The van der Waals surface area contributed by atoms with Crippen LogP contribution in [-0.4, -0.2) is 22.8 Å². The molecule has 7 heteroatoms. The van der Waals surface area contributed by atoms with Gasteiger partial charge in [0.2, 0.25) is 11.8 Å². The van der Waals surface area contributed by atoms with Crippen LogP contribution in [-0.2, 0) is 16.0 Å². The molecule has 0 aliphatic carbocycles. The Hall–Kier alpha value is -2.44. The zero-order valence-electron chi connectivity index (χ0n) is 13.0. The van der Waals surface area contributed by atoms with E-state index in [-0.39, 0.29) is 29.9 Å². The summed E-state index contributed by atoms with van der Waals surface area (Å²) in [6.07, 6.45) is 0.472. The summed E-state index contributed by atoms with van der Waals surface area (Å²) in [4.78, 5) is 33.5. The van der Waals surface area contributed by atoms with Crippen molar-refractivity contribution < 1.29 is 14.5 Å². The van der Waals surface area contributed by atoms with Crippen molar-refractivity contribution in [2.75, 3.05) is 0 Å². The molecular formula is C15H21N3O4. The van der Waals surface area contributed by atoms with Gasteiger partial charge in [0.15, 0.2) is 0 Å². The third kappa shape index (κ3) is 5.90. The standard InChI is InChI=1S/C15H21N3O4/c1-15(2,3)9-13(19)17-12(14(16)20)8-10-4-6-11(7-5-10)18(21)22/h4-7,12H,8-9H2,1-3H3,(H2,16,20)(H,17,19)/t12-/m0/s1. The second-order valence-electron chi connectivity index (χ2n) is 6.39. The van der Waals surface area contributed by atoms with E-state index in [1.54, 1.807) is 12.1 Å². The highest BCUT2D eigenvalue weighted by Gasteiger charge is 2.22. The molecule has 1 atom stereocenters. The third-order valence-corrected chi connectivity index (χ3v) is 2.96. The van der Waals surface area contributed by atoms with Crippen LogP contribution in [0.15, 0.2) is 24.3 Å². The first-order valence-corrected chi connectivity index (χ1v) is 6.90. The van der Waals surface area contributed by atoms with Gasteiger partial charge in [0.05, 0.1) is 4.92 Å². The van der Waals surface area contributed by atoms with E-state index < -0.39 is 16.9 Å². The number of non-ortho nitro benzene ring substituents is 1. The molecule has 0 heterocycles. The molecule has 1 aromatic carbocycles. The minimum Gasteiger partial charge on any atom is -0.368 e. The Morgan fingerprint density at radius 2 is 1.82 bits per heavy atom. The Balaban J connectivity index is 2.74. The number of nitrogens with one attached hydrogen (secondary N) is 1. The lowest BCUT2D eigenvalue weighted by atomic mass is 9.91. The monoisotopic (exact) mass is 307 g/mol. The third-order valence-electron chi connectivity index (χ3n) is 2.96. The molecular weight excluding hydrogens is 286 g/mol. The van der Waals surface area contributed by atoms with E-state index in [9.17, 15) is 19.7 Å². The smallest absolute Gasteiger partial charge is 0.269 e. The largest absolute Gasteiger partial charge is 0.368 e. The molecule has 7 nitrogen and oxygen atoms in total. The molecule has 3 N–H and O–H groups in total. The summed E-state index contributed by atoms with van der Waals surface area (Å²) in [7, 11) is 0. The second-order valence-corrected chi connectivity index (χ2v) is 6.39. The van der Waals surface area contributed by atoms with E-state index >= 15 is 0 Å². The van der Waals surface area contributed by atoms with Crippen molar-refractivity contribution in [3.8, 4) is 0 Å². The van der Waals surface area contributed by atoms with E-state index in [1.807, 2.05) is 20.8 Å². The number of hydrogen-bond acceptors (Lipinski definition) is 4. The average molecular weight is 307 g/mol. The number of carbonyl (C=O) groups is 2. The summed E-state index contributed by atoms with van der Waals surface area (Å²) >= 11 is 0. The van der Waals surface area contributed by atoms with Gasteiger partial charge in [0, 0.05) is 25.0 Å². The van der Waals surface area contributed by atoms with Crippen LogP contribution in [0.3, 0.4) is 0 Å². The van der Waals surface area contributed by atoms with Crippen LogP contribution in [0.25, 0.3) is 0 Å². The molecule has 1 rings (SSSR count). The highest BCUT2D eigenvalue weighted by Crippen LogP contribution is 2.18. The number of rotatable bonds is 6. The minimum atomic E-state index is -0.837. The molecule has 0 radical (unpaired) electrons. The fourth-order valence-corrected chi connectivity index (χ4v) is 1.94. The molecule has 0 aliphatic rings. The predicted molar refractivity (Wildman–Crippen MR) is 82.0 cm³/mol. The van der Waals surface area contributed by atoms with Gasteiger partial charge in [-0.1, -0.05) is 32.9 Å². The maximum absolute atomic E-state index is 11.9. The molecule has 0 bridgehead atoms. The molecule has 0 unspecified atom stereocenters. The van der Waals surface area contributed by atoms with E-state index in [1.165, 1.54) is 12.1 Å². The van der Waals surface area contributed by atoms with Crippen molar-refractivity contribution in [3.05, 3.63) is 39.9 Å². The Morgan fingerprint density at radius 1 is 1.27 bits per heavy atom. The van der Waals surface area contributed by atoms with Gasteiger partial charge in [-0.25, -0.2) is 0 Å². The van der Waals surface area contributed by atoms with Crippen molar-refractivity contribution in [3.63, 3.8) is 0 Å². The van der Waals surface area contributed by atoms with Crippen molar-refractivity contribution >= 4 is 17.5 Å². The van der Waals surface area contributed by atoms with Gasteiger partial charge in [-0.2, -0.15) is 0 Å². The summed E-state index contributed by atoms with van der Waals surface area (Å²) in [5, 5.41) is 13.2. The van der Waals surface area contributed by atoms with Crippen molar-refractivity contribution in [2.24, 2.45) is 11.1 Å². The van der Waals surface area contributed by atoms with E-state index in [4.69, 9.17) is 5.73 Å². The van der Waals surface area contributed by atoms with Crippen LogP contribution in [0.1, 0.15) is 32.8 Å². The van der Waals surface area contributed by atoms with Gasteiger partial charge in [-0.15, -0.1) is 0 Å². The number of benzene rings is 1. The van der Waals surface area contributed by atoms with Gasteiger partial charge in [0.25, 0.3) is 5.69 Å². The number of primary amides is 1. The number of carbonyl (C=O) groups excluding carboxylic acids is 2. The maximum atomic E-state index is 11.9. The van der Waals surface area contributed by atoms with Crippen LogP contribution in [0.2, 0.25) is 0 Å². The normalized spacial score (nSPS) is 12.5. The number of nitro benzene ring substituents is 1. The van der Waals surface area contributed by atoms with E-state index in [0.717, 1.165) is 0 Å². The average Bonchev–Trinajstić information content (AvgIpc) is 2.36. The maximum Gasteiger partial charge on any atom is 0.269 e. The quantitative estimate of drug-likeness (QED) is 0.612. The zero-order chi connectivity index (χ0) is 16.9. The van der Waals surface area contributed by atoms with Crippen LogP contribution in [0.5, 0.6) is 0 Å². The lowest BCUT2D eigenvalue weighted by Crippen LogP contribution is -2.46. The molecule has 0 aromatic heterocycles. The summed E-state index contributed by atoms with van der Waals surface area (Å²) in [5.41, 5.74) is 5.77. The topological polar surface area (TPSA) is 115 Å². The Kier molecular flexibility index (Phi) is 5.62. The minimum absolute atomic E-state index is 0.0313. The SMILES string of the molecule is CC(C)(C)CC(=O)N[C@@H](Cc1ccc([N+](=O)[O-])cc1)C(N)=O. The van der Waals surface area contributed by atoms with Crippen LogP contribution < -0.4 is 11.1 Å². The lowest BCUT2D eigenvalue weighted by molar-refractivity contribution is -0.384. The van der Waals surface area contributed by atoms with Crippen LogP contribution in [0.4, 0.5) is 5.69 Å². The number of nitro groups is 1. The molecule has 2 amide bonds. The van der Waals surface area contributed by atoms with Gasteiger partial charge >= 0.3 is 0 Å². The summed E-state index contributed by atoms with van der Waals surface area (Å²) in [5.74, 6) is -0.890. The number of amides is 2. The molecule has 22 heavy (non-hydrogen) atoms. The first-order valence-electron chi connectivity index (χ1n) is 6.90. The van der Waals surface area contributed by atoms with Gasteiger partial charge in [-0.3, -0.25) is 19.7 Å². The Labute approximate surface area is 129 Å². The fourth-order valence-electron chi connectivity index (χ4n) is 1.94. The molecule has 0 saturated heterocycles. The number of nitrogens with two attached hydrogens (primary N) is 1. The second kappa shape index (κ2) is 7.02. The van der Waals surface area contributed by atoms with E-state index in [2.05, 4.69) is 5.32 Å².